The highest BCUT2D eigenvalue weighted by molar-refractivity contribution is 5.96. The summed E-state index contributed by atoms with van der Waals surface area (Å²) < 4.78 is 4.70. The minimum Gasteiger partial charge on any atom is -0.475 e. The Bertz CT molecular complexity index is 471. The number of aliphatic carboxylic acids is 1. The SMILES string of the molecule is C=C(C)C(=O)OC(=Cc1ccccc1)C(=O)O. The standard InChI is InChI=1S/C13H12O4/c1-9(2)13(16)17-11(12(14)15)8-10-6-4-3-5-7-10/h3-8H,1H2,2H3,(H,14,15). The summed E-state index contributed by atoms with van der Waals surface area (Å²) in [5.41, 5.74) is 0.782. The van der Waals surface area contributed by atoms with Crippen LogP contribution in [0.4, 0.5) is 0 Å². The van der Waals surface area contributed by atoms with Crippen LogP contribution in [-0.4, -0.2) is 17.0 Å². The Morgan fingerprint density at radius 1 is 1.29 bits per heavy atom. The van der Waals surface area contributed by atoms with E-state index in [0.29, 0.717) is 5.56 Å². The molecule has 4 heteroatoms. The molecular weight excluding hydrogens is 220 g/mol. The van der Waals surface area contributed by atoms with E-state index < -0.39 is 17.7 Å². The number of carboxylic acid groups (broad SMARTS) is 1. The minimum absolute atomic E-state index is 0.144. The second kappa shape index (κ2) is 5.65. The number of carbonyl (C=O) groups excluding carboxylic acids is 1. The summed E-state index contributed by atoms with van der Waals surface area (Å²) in [6.07, 6.45) is 1.28. The fourth-order valence-corrected chi connectivity index (χ4v) is 1.02. The van der Waals surface area contributed by atoms with E-state index in [-0.39, 0.29) is 5.57 Å². The van der Waals surface area contributed by atoms with Crippen LogP contribution in [0, 0.1) is 0 Å². The van der Waals surface area contributed by atoms with Crippen molar-refractivity contribution in [1.82, 2.24) is 0 Å². The number of esters is 1. The Balaban J connectivity index is 2.95. The Hall–Kier alpha value is -2.36. The third-order valence-corrected chi connectivity index (χ3v) is 1.86. The molecule has 0 saturated heterocycles. The molecule has 0 spiro atoms. The van der Waals surface area contributed by atoms with E-state index in [1.165, 1.54) is 13.0 Å². The number of hydrogen-bond donors (Lipinski definition) is 1. The second-order valence-corrected chi connectivity index (χ2v) is 3.39. The summed E-state index contributed by atoms with van der Waals surface area (Å²) in [6, 6.07) is 8.73. The van der Waals surface area contributed by atoms with Gasteiger partial charge >= 0.3 is 11.9 Å². The molecule has 0 bridgehead atoms. The largest absolute Gasteiger partial charge is 0.475 e. The molecule has 1 aromatic carbocycles. The van der Waals surface area contributed by atoms with E-state index in [0.717, 1.165) is 0 Å². The van der Waals surface area contributed by atoms with Gasteiger partial charge in [0.1, 0.15) is 0 Å². The number of carbonyl (C=O) groups is 2. The molecule has 88 valence electrons. The molecule has 0 radical (unpaired) electrons. The van der Waals surface area contributed by atoms with Crippen molar-refractivity contribution in [3.05, 3.63) is 53.8 Å². The average Bonchev–Trinajstić information content (AvgIpc) is 2.29. The fourth-order valence-electron chi connectivity index (χ4n) is 1.02. The topological polar surface area (TPSA) is 63.6 Å². The highest BCUT2D eigenvalue weighted by Gasteiger charge is 2.14. The number of rotatable bonds is 4. The van der Waals surface area contributed by atoms with Crippen molar-refractivity contribution in [3.63, 3.8) is 0 Å². The predicted octanol–water partition coefficient (Wildman–Crippen LogP) is 2.23. The van der Waals surface area contributed by atoms with Crippen molar-refractivity contribution in [3.8, 4) is 0 Å². The van der Waals surface area contributed by atoms with Gasteiger partial charge in [0.2, 0.25) is 5.76 Å². The molecular formula is C13H12O4. The maximum atomic E-state index is 11.2. The zero-order valence-corrected chi connectivity index (χ0v) is 9.34. The first-order chi connectivity index (χ1) is 8.00. The third kappa shape index (κ3) is 3.95. The number of ether oxygens (including phenoxy) is 1. The summed E-state index contributed by atoms with van der Waals surface area (Å²) in [5, 5.41) is 8.89. The van der Waals surface area contributed by atoms with Gasteiger partial charge in [-0.3, -0.25) is 0 Å². The minimum atomic E-state index is -1.30. The molecule has 0 saturated carbocycles. The number of carboxylic acids is 1. The molecule has 1 N–H and O–H groups in total. The summed E-state index contributed by atoms with van der Waals surface area (Å²) in [7, 11) is 0. The maximum absolute atomic E-state index is 11.2. The maximum Gasteiger partial charge on any atom is 0.371 e. The van der Waals surface area contributed by atoms with Crippen molar-refractivity contribution in [1.29, 1.82) is 0 Å². The lowest BCUT2D eigenvalue weighted by Crippen LogP contribution is -2.11. The lowest BCUT2D eigenvalue weighted by molar-refractivity contribution is -0.145. The number of hydrogen-bond acceptors (Lipinski definition) is 3. The zero-order valence-electron chi connectivity index (χ0n) is 9.34. The molecule has 1 aromatic rings. The molecule has 0 fully saturated rings. The van der Waals surface area contributed by atoms with Crippen molar-refractivity contribution < 1.29 is 19.4 Å². The number of benzene rings is 1. The highest BCUT2D eigenvalue weighted by atomic mass is 16.6. The van der Waals surface area contributed by atoms with Crippen LogP contribution in [0.1, 0.15) is 12.5 Å². The van der Waals surface area contributed by atoms with E-state index in [4.69, 9.17) is 9.84 Å². The van der Waals surface area contributed by atoms with Gasteiger partial charge in [-0.25, -0.2) is 9.59 Å². The Morgan fingerprint density at radius 3 is 2.35 bits per heavy atom. The van der Waals surface area contributed by atoms with Crippen LogP contribution < -0.4 is 0 Å². The molecule has 4 nitrogen and oxygen atoms in total. The van der Waals surface area contributed by atoms with Crippen molar-refractivity contribution in [2.45, 2.75) is 6.92 Å². The second-order valence-electron chi connectivity index (χ2n) is 3.39. The zero-order chi connectivity index (χ0) is 12.8. The first-order valence-corrected chi connectivity index (χ1v) is 4.88. The lowest BCUT2D eigenvalue weighted by atomic mass is 10.2. The summed E-state index contributed by atoms with van der Waals surface area (Å²) >= 11 is 0. The highest BCUT2D eigenvalue weighted by Crippen LogP contribution is 2.10. The van der Waals surface area contributed by atoms with Crippen LogP contribution in [0.3, 0.4) is 0 Å². The normalized spacial score (nSPS) is 10.8. The van der Waals surface area contributed by atoms with Crippen LogP contribution in [0.15, 0.2) is 48.2 Å². The molecule has 0 amide bonds. The van der Waals surface area contributed by atoms with E-state index in [2.05, 4.69) is 6.58 Å². The van der Waals surface area contributed by atoms with Crippen molar-refractivity contribution in [2.24, 2.45) is 0 Å². The Kier molecular flexibility index (Phi) is 4.22. The fraction of sp³-hybridized carbons (Fsp3) is 0.0769. The van der Waals surface area contributed by atoms with Crippen LogP contribution in [0.2, 0.25) is 0 Å². The molecule has 0 aliphatic rings. The first-order valence-electron chi connectivity index (χ1n) is 4.88. The van der Waals surface area contributed by atoms with Crippen LogP contribution >= 0.6 is 0 Å². The van der Waals surface area contributed by atoms with E-state index >= 15 is 0 Å². The summed E-state index contributed by atoms with van der Waals surface area (Å²) in [4.78, 5) is 22.1. The van der Waals surface area contributed by atoms with Crippen molar-refractivity contribution >= 4 is 18.0 Å². The molecule has 0 atom stereocenters. The van der Waals surface area contributed by atoms with Crippen LogP contribution in [0.5, 0.6) is 0 Å². The lowest BCUT2D eigenvalue weighted by Gasteiger charge is -2.04. The summed E-state index contributed by atoms with van der Waals surface area (Å²) in [5.74, 6) is -2.48. The Labute approximate surface area is 98.8 Å². The van der Waals surface area contributed by atoms with E-state index in [1.807, 2.05) is 0 Å². The molecule has 0 unspecified atom stereocenters. The molecule has 1 rings (SSSR count). The van der Waals surface area contributed by atoms with Gasteiger partial charge in [0.15, 0.2) is 0 Å². The van der Waals surface area contributed by atoms with Gasteiger partial charge < -0.3 is 9.84 Å². The van der Waals surface area contributed by atoms with Gasteiger partial charge in [-0.1, -0.05) is 36.9 Å². The van der Waals surface area contributed by atoms with Crippen molar-refractivity contribution in [2.75, 3.05) is 0 Å². The van der Waals surface area contributed by atoms with Crippen LogP contribution in [0.25, 0.3) is 6.08 Å². The molecule has 17 heavy (non-hydrogen) atoms. The first kappa shape index (κ1) is 12.7. The monoisotopic (exact) mass is 232 g/mol. The molecule has 0 aliphatic heterocycles. The van der Waals surface area contributed by atoms with Crippen LogP contribution in [-0.2, 0) is 14.3 Å². The van der Waals surface area contributed by atoms with Gasteiger partial charge in [0.25, 0.3) is 0 Å². The van der Waals surface area contributed by atoms with E-state index in [9.17, 15) is 9.59 Å². The summed E-state index contributed by atoms with van der Waals surface area (Å²) in [6.45, 7) is 4.83. The van der Waals surface area contributed by atoms with Gasteiger partial charge in [0.05, 0.1) is 0 Å². The molecule has 0 aliphatic carbocycles. The molecule has 0 heterocycles. The van der Waals surface area contributed by atoms with Gasteiger partial charge in [-0.15, -0.1) is 0 Å². The van der Waals surface area contributed by atoms with E-state index in [1.54, 1.807) is 30.3 Å². The predicted molar refractivity (Wildman–Crippen MR) is 63.0 cm³/mol. The van der Waals surface area contributed by atoms with Gasteiger partial charge in [-0.2, -0.15) is 0 Å². The quantitative estimate of drug-likeness (QED) is 0.491. The smallest absolute Gasteiger partial charge is 0.371 e. The Morgan fingerprint density at radius 2 is 1.88 bits per heavy atom. The average molecular weight is 232 g/mol. The third-order valence-electron chi connectivity index (χ3n) is 1.86. The van der Waals surface area contributed by atoms with Gasteiger partial charge in [-0.05, 0) is 18.6 Å². The molecule has 0 aromatic heterocycles. The van der Waals surface area contributed by atoms with Gasteiger partial charge in [0, 0.05) is 5.57 Å².